The third-order valence-electron chi connectivity index (χ3n) is 2.69. The average Bonchev–Trinajstić information content (AvgIpc) is 3.10. The number of benzene rings is 1. The van der Waals surface area contributed by atoms with Crippen molar-refractivity contribution in [2.75, 3.05) is 11.1 Å². The molecule has 0 saturated heterocycles. The van der Waals surface area contributed by atoms with Gasteiger partial charge in [-0.25, -0.2) is 9.67 Å². The number of hydrogen-bond donors (Lipinski definition) is 2. The third-order valence-corrected chi connectivity index (χ3v) is 3.27. The standard InChI is InChI=1S/C13H11N5OS/c14-9-1-3-10(4-2-9)18-12(5-6-16-18)17-13(19)11-7-20-8-15-11/h1-8H,14H2,(H,17,19). The minimum Gasteiger partial charge on any atom is -0.399 e. The Morgan fingerprint density at radius 3 is 2.75 bits per heavy atom. The fourth-order valence-corrected chi connectivity index (χ4v) is 2.26. The molecule has 0 unspecified atom stereocenters. The van der Waals surface area contributed by atoms with Crippen LogP contribution in [0.25, 0.3) is 5.69 Å². The number of amides is 1. The van der Waals surface area contributed by atoms with Gasteiger partial charge in [-0.3, -0.25) is 4.79 Å². The van der Waals surface area contributed by atoms with Gasteiger partial charge >= 0.3 is 0 Å². The lowest BCUT2D eigenvalue weighted by atomic mass is 10.3. The van der Waals surface area contributed by atoms with E-state index in [0.717, 1.165) is 5.69 Å². The number of nitrogens with one attached hydrogen (secondary N) is 1. The first-order valence-electron chi connectivity index (χ1n) is 5.83. The molecule has 0 fully saturated rings. The fourth-order valence-electron chi connectivity index (χ4n) is 1.72. The molecule has 0 atom stereocenters. The molecule has 0 aliphatic carbocycles. The second-order valence-corrected chi connectivity index (χ2v) is 4.77. The number of nitrogens with two attached hydrogens (primary N) is 1. The van der Waals surface area contributed by atoms with Crippen molar-refractivity contribution >= 4 is 28.7 Å². The number of carbonyl (C=O) groups excluding carboxylic acids is 1. The molecule has 100 valence electrons. The van der Waals surface area contributed by atoms with Crippen LogP contribution in [0.3, 0.4) is 0 Å². The molecule has 0 spiro atoms. The van der Waals surface area contributed by atoms with E-state index in [0.29, 0.717) is 17.2 Å². The molecular weight excluding hydrogens is 274 g/mol. The second kappa shape index (κ2) is 5.14. The SMILES string of the molecule is Nc1ccc(-n2nccc2NC(=O)c2cscn2)cc1. The highest BCUT2D eigenvalue weighted by molar-refractivity contribution is 7.07. The Hall–Kier alpha value is -2.67. The van der Waals surface area contributed by atoms with Crippen LogP contribution in [0.4, 0.5) is 11.5 Å². The fraction of sp³-hybridized carbons (Fsp3) is 0. The van der Waals surface area contributed by atoms with Crippen LogP contribution < -0.4 is 11.1 Å². The molecule has 3 rings (SSSR count). The van der Waals surface area contributed by atoms with Gasteiger partial charge in [0.2, 0.25) is 0 Å². The lowest BCUT2D eigenvalue weighted by molar-refractivity contribution is 0.102. The molecule has 0 bridgehead atoms. The molecule has 3 N–H and O–H groups in total. The number of aromatic nitrogens is 3. The van der Waals surface area contributed by atoms with Gasteiger partial charge in [-0.2, -0.15) is 5.10 Å². The summed E-state index contributed by atoms with van der Waals surface area (Å²) in [4.78, 5) is 16.0. The highest BCUT2D eigenvalue weighted by Gasteiger charge is 2.11. The van der Waals surface area contributed by atoms with Crippen LogP contribution in [0.1, 0.15) is 10.5 Å². The van der Waals surface area contributed by atoms with Crippen molar-refractivity contribution in [3.63, 3.8) is 0 Å². The first-order valence-corrected chi connectivity index (χ1v) is 6.78. The van der Waals surface area contributed by atoms with Gasteiger partial charge in [0.05, 0.1) is 17.4 Å². The normalized spacial score (nSPS) is 10.4. The smallest absolute Gasteiger partial charge is 0.276 e. The van der Waals surface area contributed by atoms with Crippen molar-refractivity contribution in [2.24, 2.45) is 0 Å². The van der Waals surface area contributed by atoms with E-state index in [1.165, 1.54) is 11.3 Å². The van der Waals surface area contributed by atoms with Crippen LogP contribution in [0.15, 0.2) is 47.4 Å². The monoisotopic (exact) mass is 285 g/mol. The van der Waals surface area contributed by atoms with Crippen molar-refractivity contribution < 1.29 is 4.79 Å². The zero-order chi connectivity index (χ0) is 13.9. The van der Waals surface area contributed by atoms with E-state index in [1.807, 2.05) is 12.1 Å². The van der Waals surface area contributed by atoms with Crippen LogP contribution in [-0.4, -0.2) is 20.7 Å². The van der Waals surface area contributed by atoms with Crippen LogP contribution >= 0.6 is 11.3 Å². The molecule has 7 heteroatoms. The van der Waals surface area contributed by atoms with Crippen LogP contribution in [0.2, 0.25) is 0 Å². The molecule has 0 radical (unpaired) electrons. The summed E-state index contributed by atoms with van der Waals surface area (Å²) in [5, 5.41) is 8.67. The molecule has 2 heterocycles. The van der Waals surface area contributed by atoms with E-state index in [9.17, 15) is 4.79 Å². The van der Waals surface area contributed by atoms with E-state index in [2.05, 4.69) is 15.4 Å². The number of carbonyl (C=O) groups is 1. The topological polar surface area (TPSA) is 85.8 Å². The van der Waals surface area contributed by atoms with E-state index >= 15 is 0 Å². The lowest BCUT2D eigenvalue weighted by Crippen LogP contribution is -2.15. The van der Waals surface area contributed by atoms with Crippen LogP contribution in [-0.2, 0) is 0 Å². The summed E-state index contributed by atoms with van der Waals surface area (Å²) in [6, 6.07) is 8.95. The van der Waals surface area contributed by atoms with Crippen molar-refractivity contribution in [1.29, 1.82) is 0 Å². The number of nitrogens with zero attached hydrogens (tertiary/aromatic N) is 3. The molecule has 20 heavy (non-hydrogen) atoms. The molecule has 3 aromatic rings. The summed E-state index contributed by atoms with van der Waals surface area (Å²) in [5.41, 5.74) is 9.16. The summed E-state index contributed by atoms with van der Waals surface area (Å²) in [7, 11) is 0. The van der Waals surface area contributed by atoms with E-state index in [4.69, 9.17) is 5.73 Å². The number of nitrogen functional groups attached to an aromatic ring is 1. The van der Waals surface area contributed by atoms with Gasteiger partial charge in [-0.15, -0.1) is 11.3 Å². The van der Waals surface area contributed by atoms with Crippen LogP contribution in [0, 0.1) is 0 Å². The summed E-state index contributed by atoms with van der Waals surface area (Å²) in [5.74, 6) is 0.316. The zero-order valence-corrected chi connectivity index (χ0v) is 11.2. The molecule has 2 aromatic heterocycles. The number of hydrogen-bond acceptors (Lipinski definition) is 5. The summed E-state index contributed by atoms with van der Waals surface area (Å²) in [6.45, 7) is 0. The minimum atomic E-state index is -0.261. The van der Waals surface area contributed by atoms with E-state index < -0.39 is 0 Å². The number of rotatable bonds is 3. The summed E-state index contributed by atoms with van der Waals surface area (Å²) < 4.78 is 1.63. The Morgan fingerprint density at radius 2 is 2.05 bits per heavy atom. The zero-order valence-electron chi connectivity index (χ0n) is 10.4. The number of anilines is 2. The largest absolute Gasteiger partial charge is 0.399 e. The molecule has 0 saturated carbocycles. The van der Waals surface area contributed by atoms with Gasteiger partial charge < -0.3 is 11.1 Å². The van der Waals surface area contributed by atoms with Crippen molar-refractivity contribution in [1.82, 2.24) is 14.8 Å². The van der Waals surface area contributed by atoms with E-state index in [1.54, 1.807) is 40.0 Å². The van der Waals surface area contributed by atoms with Crippen LogP contribution in [0.5, 0.6) is 0 Å². The van der Waals surface area contributed by atoms with Gasteiger partial charge in [-0.1, -0.05) is 0 Å². The Morgan fingerprint density at radius 1 is 1.25 bits per heavy atom. The highest BCUT2D eigenvalue weighted by Crippen LogP contribution is 2.17. The highest BCUT2D eigenvalue weighted by atomic mass is 32.1. The quantitative estimate of drug-likeness (QED) is 0.722. The minimum absolute atomic E-state index is 0.261. The van der Waals surface area contributed by atoms with Gasteiger partial charge in [0.25, 0.3) is 5.91 Å². The van der Waals surface area contributed by atoms with Gasteiger partial charge in [0.1, 0.15) is 11.5 Å². The predicted octanol–water partition coefficient (Wildman–Crippen LogP) is 2.16. The Labute approximate surface area is 118 Å². The van der Waals surface area contributed by atoms with Gasteiger partial charge in [0, 0.05) is 17.1 Å². The first-order chi connectivity index (χ1) is 9.74. The van der Waals surface area contributed by atoms with Gasteiger partial charge in [0.15, 0.2) is 0 Å². The third kappa shape index (κ3) is 2.39. The maximum absolute atomic E-state index is 12.0. The van der Waals surface area contributed by atoms with Crippen molar-refractivity contribution in [2.45, 2.75) is 0 Å². The maximum atomic E-state index is 12.0. The molecule has 6 nitrogen and oxygen atoms in total. The molecular formula is C13H11N5OS. The van der Waals surface area contributed by atoms with Gasteiger partial charge in [-0.05, 0) is 24.3 Å². The Kier molecular flexibility index (Phi) is 3.18. The maximum Gasteiger partial charge on any atom is 0.276 e. The first kappa shape index (κ1) is 12.4. The second-order valence-electron chi connectivity index (χ2n) is 4.05. The molecule has 0 aliphatic heterocycles. The Balaban J connectivity index is 1.87. The lowest BCUT2D eigenvalue weighted by Gasteiger charge is -2.08. The molecule has 1 aromatic carbocycles. The number of thiazole rings is 1. The Bertz CT molecular complexity index is 718. The molecule has 1 amide bonds. The molecule has 0 aliphatic rings. The van der Waals surface area contributed by atoms with E-state index in [-0.39, 0.29) is 5.91 Å². The predicted molar refractivity (Wildman–Crippen MR) is 78.0 cm³/mol. The van der Waals surface area contributed by atoms with Crippen molar-refractivity contribution in [3.8, 4) is 5.69 Å². The summed E-state index contributed by atoms with van der Waals surface area (Å²) in [6.07, 6.45) is 1.62. The summed E-state index contributed by atoms with van der Waals surface area (Å²) >= 11 is 1.37. The van der Waals surface area contributed by atoms with Crippen molar-refractivity contribution in [3.05, 3.63) is 53.1 Å². The average molecular weight is 285 g/mol.